The Bertz CT molecular complexity index is 292. The van der Waals surface area contributed by atoms with Gasteiger partial charge >= 0.3 is 0 Å². The number of aliphatic hydroxyl groups excluding tert-OH is 1. The molecule has 0 aliphatic carbocycles. The average Bonchev–Trinajstić information content (AvgIpc) is 2.34. The maximum absolute atomic E-state index is 8.56. The van der Waals surface area contributed by atoms with Crippen LogP contribution in [0, 0.1) is 0 Å². The third-order valence-corrected chi connectivity index (χ3v) is 2.23. The van der Waals surface area contributed by atoms with Gasteiger partial charge in [-0.15, -0.1) is 0 Å². The summed E-state index contributed by atoms with van der Waals surface area (Å²) in [6.07, 6.45) is 0. The van der Waals surface area contributed by atoms with E-state index in [1.807, 2.05) is 18.2 Å². The van der Waals surface area contributed by atoms with Crippen LogP contribution in [0.4, 0.5) is 0 Å². The van der Waals surface area contributed by atoms with Crippen molar-refractivity contribution in [1.29, 1.82) is 0 Å². The molecule has 0 aromatic heterocycles. The Labute approximate surface area is 96.6 Å². The number of methoxy groups -OCH3 is 1. The summed E-state index contributed by atoms with van der Waals surface area (Å²) in [6.45, 7) is 3.43. The van der Waals surface area contributed by atoms with Gasteiger partial charge in [0.1, 0.15) is 5.75 Å². The van der Waals surface area contributed by atoms with E-state index in [1.165, 1.54) is 5.56 Å². The van der Waals surface area contributed by atoms with Crippen LogP contribution in [-0.2, 0) is 6.54 Å². The number of benzene rings is 1. The van der Waals surface area contributed by atoms with Gasteiger partial charge in [-0.1, -0.05) is 12.1 Å². The van der Waals surface area contributed by atoms with Gasteiger partial charge in [-0.05, 0) is 17.7 Å². The van der Waals surface area contributed by atoms with Crippen LogP contribution in [0.1, 0.15) is 5.56 Å². The third kappa shape index (κ3) is 5.11. The van der Waals surface area contributed by atoms with Gasteiger partial charge in [-0.3, -0.25) is 0 Å². The SMILES string of the molecule is COc1cccc(CNCCNCCO)c1. The van der Waals surface area contributed by atoms with Crippen LogP contribution < -0.4 is 15.4 Å². The molecule has 0 aliphatic rings. The molecule has 0 aliphatic heterocycles. The van der Waals surface area contributed by atoms with E-state index in [1.54, 1.807) is 7.11 Å². The van der Waals surface area contributed by atoms with Gasteiger partial charge in [-0.2, -0.15) is 0 Å². The molecule has 1 aromatic carbocycles. The first-order chi connectivity index (χ1) is 7.86. The zero-order valence-electron chi connectivity index (χ0n) is 9.70. The molecule has 90 valence electrons. The molecule has 0 unspecified atom stereocenters. The number of hydrogen-bond acceptors (Lipinski definition) is 4. The van der Waals surface area contributed by atoms with E-state index in [0.717, 1.165) is 25.4 Å². The molecular weight excluding hydrogens is 204 g/mol. The summed E-state index contributed by atoms with van der Waals surface area (Å²) in [5, 5.41) is 15.0. The van der Waals surface area contributed by atoms with Gasteiger partial charge in [0.2, 0.25) is 0 Å². The largest absolute Gasteiger partial charge is 0.497 e. The molecular formula is C12H20N2O2. The van der Waals surface area contributed by atoms with E-state index in [4.69, 9.17) is 9.84 Å². The van der Waals surface area contributed by atoms with E-state index >= 15 is 0 Å². The average molecular weight is 224 g/mol. The molecule has 1 aromatic rings. The highest BCUT2D eigenvalue weighted by Gasteiger charge is 1.95. The molecule has 0 atom stereocenters. The normalized spacial score (nSPS) is 10.4. The molecule has 0 amide bonds. The fourth-order valence-corrected chi connectivity index (χ4v) is 1.40. The monoisotopic (exact) mass is 224 g/mol. The lowest BCUT2D eigenvalue weighted by atomic mass is 10.2. The van der Waals surface area contributed by atoms with Crippen LogP contribution in [0.2, 0.25) is 0 Å². The predicted molar refractivity (Wildman–Crippen MR) is 64.7 cm³/mol. The van der Waals surface area contributed by atoms with Gasteiger partial charge in [0.25, 0.3) is 0 Å². The minimum atomic E-state index is 0.190. The highest BCUT2D eigenvalue weighted by atomic mass is 16.5. The number of ether oxygens (including phenoxy) is 1. The summed E-state index contributed by atoms with van der Waals surface area (Å²) >= 11 is 0. The molecule has 0 spiro atoms. The highest BCUT2D eigenvalue weighted by Crippen LogP contribution is 2.11. The Morgan fingerprint density at radius 1 is 1.19 bits per heavy atom. The second-order valence-electron chi connectivity index (χ2n) is 3.50. The molecule has 4 nitrogen and oxygen atoms in total. The van der Waals surface area contributed by atoms with Crippen molar-refractivity contribution in [3.8, 4) is 5.75 Å². The minimum Gasteiger partial charge on any atom is -0.497 e. The quantitative estimate of drug-likeness (QED) is 0.558. The van der Waals surface area contributed by atoms with Gasteiger partial charge in [-0.25, -0.2) is 0 Å². The van der Waals surface area contributed by atoms with Gasteiger partial charge in [0, 0.05) is 26.2 Å². The van der Waals surface area contributed by atoms with Crippen molar-refractivity contribution in [2.45, 2.75) is 6.54 Å². The lowest BCUT2D eigenvalue weighted by Gasteiger charge is -2.07. The van der Waals surface area contributed by atoms with Crippen LogP contribution in [0.3, 0.4) is 0 Å². The van der Waals surface area contributed by atoms with E-state index in [2.05, 4.69) is 16.7 Å². The number of hydrogen-bond donors (Lipinski definition) is 3. The Kier molecular flexibility index (Phi) is 6.56. The fourth-order valence-electron chi connectivity index (χ4n) is 1.40. The lowest BCUT2D eigenvalue weighted by Crippen LogP contribution is -2.28. The summed E-state index contributed by atoms with van der Waals surface area (Å²) in [7, 11) is 1.67. The smallest absolute Gasteiger partial charge is 0.119 e. The zero-order chi connectivity index (χ0) is 11.6. The molecule has 4 heteroatoms. The summed E-state index contributed by atoms with van der Waals surface area (Å²) < 4.78 is 5.15. The molecule has 0 saturated carbocycles. The molecule has 16 heavy (non-hydrogen) atoms. The summed E-state index contributed by atoms with van der Waals surface area (Å²) in [6, 6.07) is 8.01. The lowest BCUT2D eigenvalue weighted by molar-refractivity contribution is 0.292. The Morgan fingerprint density at radius 3 is 2.75 bits per heavy atom. The topological polar surface area (TPSA) is 53.5 Å². The van der Waals surface area contributed by atoms with Crippen molar-refractivity contribution >= 4 is 0 Å². The first-order valence-electron chi connectivity index (χ1n) is 5.52. The number of nitrogens with one attached hydrogen (secondary N) is 2. The summed E-state index contributed by atoms with van der Waals surface area (Å²) in [5.41, 5.74) is 1.21. The molecule has 1 rings (SSSR count). The Balaban J connectivity index is 2.16. The van der Waals surface area contributed by atoms with Crippen molar-refractivity contribution in [3.63, 3.8) is 0 Å². The van der Waals surface area contributed by atoms with E-state index in [9.17, 15) is 0 Å². The maximum atomic E-state index is 8.56. The van der Waals surface area contributed by atoms with Gasteiger partial charge in [0.05, 0.1) is 13.7 Å². The van der Waals surface area contributed by atoms with Crippen LogP contribution in [0.15, 0.2) is 24.3 Å². The van der Waals surface area contributed by atoms with Gasteiger partial charge < -0.3 is 20.5 Å². The van der Waals surface area contributed by atoms with E-state index in [0.29, 0.717) is 6.54 Å². The first kappa shape index (κ1) is 13.0. The van der Waals surface area contributed by atoms with E-state index < -0.39 is 0 Å². The zero-order valence-corrected chi connectivity index (χ0v) is 9.70. The predicted octanol–water partition coefficient (Wildman–Crippen LogP) is 0.367. The first-order valence-corrected chi connectivity index (χ1v) is 5.52. The third-order valence-electron chi connectivity index (χ3n) is 2.23. The molecule has 0 saturated heterocycles. The maximum Gasteiger partial charge on any atom is 0.119 e. The number of rotatable bonds is 8. The van der Waals surface area contributed by atoms with Crippen molar-refractivity contribution < 1.29 is 9.84 Å². The summed E-state index contributed by atoms with van der Waals surface area (Å²) in [4.78, 5) is 0. The second kappa shape index (κ2) is 8.10. The van der Waals surface area contributed by atoms with Crippen LogP contribution in [0.5, 0.6) is 5.75 Å². The van der Waals surface area contributed by atoms with E-state index in [-0.39, 0.29) is 6.61 Å². The summed E-state index contributed by atoms with van der Waals surface area (Å²) in [5.74, 6) is 0.887. The second-order valence-corrected chi connectivity index (χ2v) is 3.50. The molecule has 3 N–H and O–H groups in total. The van der Waals surface area contributed by atoms with Crippen LogP contribution in [0.25, 0.3) is 0 Å². The fraction of sp³-hybridized carbons (Fsp3) is 0.500. The van der Waals surface area contributed by atoms with Gasteiger partial charge in [0.15, 0.2) is 0 Å². The Hall–Kier alpha value is -1.10. The minimum absolute atomic E-state index is 0.190. The molecule has 0 fully saturated rings. The highest BCUT2D eigenvalue weighted by molar-refractivity contribution is 5.28. The molecule has 0 radical (unpaired) electrons. The molecule has 0 heterocycles. The van der Waals surface area contributed by atoms with Crippen molar-refractivity contribution in [2.24, 2.45) is 0 Å². The van der Waals surface area contributed by atoms with Crippen LogP contribution in [-0.4, -0.2) is 38.5 Å². The van der Waals surface area contributed by atoms with Crippen LogP contribution >= 0.6 is 0 Å². The molecule has 0 bridgehead atoms. The standard InChI is InChI=1S/C12H20N2O2/c1-16-12-4-2-3-11(9-12)10-14-6-5-13-7-8-15/h2-4,9,13-15H,5-8,10H2,1H3. The van der Waals surface area contributed by atoms with Crippen molar-refractivity contribution in [1.82, 2.24) is 10.6 Å². The Morgan fingerprint density at radius 2 is 2.00 bits per heavy atom. The van der Waals surface area contributed by atoms with Crippen molar-refractivity contribution in [3.05, 3.63) is 29.8 Å². The van der Waals surface area contributed by atoms with Crippen molar-refractivity contribution in [2.75, 3.05) is 33.4 Å². The number of aliphatic hydroxyl groups is 1.